The first-order valence-electron chi connectivity index (χ1n) is 7.98. The van der Waals surface area contributed by atoms with Crippen molar-refractivity contribution in [2.45, 2.75) is 53.2 Å². The van der Waals surface area contributed by atoms with Crippen LogP contribution in [-0.2, 0) is 14.3 Å². The molecule has 0 aliphatic rings. The Bertz CT molecular complexity index is 730. The highest BCUT2D eigenvalue weighted by Crippen LogP contribution is 2.20. The van der Waals surface area contributed by atoms with Gasteiger partial charge in [-0.3, -0.25) is 10.1 Å². The van der Waals surface area contributed by atoms with Crippen molar-refractivity contribution in [2.75, 3.05) is 7.11 Å². The average Bonchev–Trinajstić information content (AvgIpc) is 2.79. The molecule has 0 bridgehead atoms. The van der Waals surface area contributed by atoms with Gasteiger partial charge in [-0.15, -0.1) is 0 Å². The van der Waals surface area contributed by atoms with E-state index in [0.29, 0.717) is 11.3 Å². The topological polar surface area (TPSA) is 127 Å². The normalized spacial score (nSPS) is 12.1. The summed E-state index contributed by atoms with van der Waals surface area (Å²) in [7, 11) is 1.24. The van der Waals surface area contributed by atoms with Crippen LogP contribution in [0.4, 0.5) is 4.79 Å². The van der Waals surface area contributed by atoms with Gasteiger partial charge in [-0.2, -0.15) is 0 Å². The number of methoxy groups -OCH3 is 1. The Balaban J connectivity index is 2.80. The maximum atomic E-state index is 12.3. The molecule has 9 nitrogen and oxygen atoms in total. The zero-order valence-electron chi connectivity index (χ0n) is 16.0. The van der Waals surface area contributed by atoms with Crippen LogP contribution in [0.15, 0.2) is 0 Å². The van der Waals surface area contributed by atoms with Gasteiger partial charge in [0, 0.05) is 11.2 Å². The number of aromatic amines is 1. The Hall–Kier alpha value is -2.84. The van der Waals surface area contributed by atoms with E-state index in [1.165, 1.54) is 14.0 Å². The van der Waals surface area contributed by atoms with Crippen molar-refractivity contribution >= 4 is 23.9 Å². The van der Waals surface area contributed by atoms with Gasteiger partial charge >= 0.3 is 18.0 Å². The molecule has 0 saturated heterocycles. The lowest BCUT2D eigenvalue weighted by atomic mass is 10.1. The van der Waals surface area contributed by atoms with Crippen LogP contribution < -0.4 is 10.6 Å². The quantitative estimate of drug-likeness (QED) is 0.694. The molecular formula is C17H25N3O6. The lowest BCUT2D eigenvalue weighted by molar-refractivity contribution is -0.127. The first kappa shape index (κ1) is 21.2. The summed E-state index contributed by atoms with van der Waals surface area (Å²) in [5.74, 6) is -2.17. The van der Waals surface area contributed by atoms with E-state index in [4.69, 9.17) is 4.74 Å². The summed E-state index contributed by atoms with van der Waals surface area (Å²) in [6, 6.07) is -0.690. The Morgan fingerprint density at radius 3 is 2.15 bits per heavy atom. The van der Waals surface area contributed by atoms with Crippen LogP contribution in [0.2, 0.25) is 0 Å². The lowest BCUT2D eigenvalue weighted by Gasteiger charge is -2.21. The minimum atomic E-state index is -1.21. The largest absolute Gasteiger partial charge is 0.465 e. The van der Waals surface area contributed by atoms with Gasteiger partial charge in [0.2, 0.25) is 0 Å². The molecule has 144 valence electrons. The Morgan fingerprint density at radius 1 is 1.08 bits per heavy atom. The number of nitrogens with one attached hydrogen (secondary N) is 3. The van der Waals surface area contributed by atoms with E-state index in [9.17, 15) is 19.2 Å². The number of carbonyl (C=O) groups is 4. The standard InChI is InChI=1S/C17H25N3O6/c1-8-11(14(22)25-7)9(2)18-12(8)15(23)26-10(3)13(21)19-16(24)20-17(4,5)6/h10,18H,1-7H3,(H2,19,20,21,24)/t10-/m0/s1. The number of aryl methyl sites for hydroxylation is 1. The predicted octanol–water partition coefficient (Wildman–Crippen LogP) is 1.59. The Labute approximate surface area is 151 Å². The zero-order valence-corrected chi connectivity index (χ0v) is 16.0. The number of ether oxygens (including phenoxy) is 2. The van der Waals surface area contributed by atoms with Crippen LogP contribution >= 0.6 is 0 Å². The fourth-order valence-electron chi connectivity index (χ4n) is 2.22. The van der Waals surface area contributed by atoms with Crippen LogP contribution in [0, 0.1) is 13.8 Å². The number of H-pyrrole nitrogens is 1. The Morgan fingerprint density at radius 2 is 1.65 bits per heavy atom. The van der Waals surface area contributed by atoms with Crippen molar-refractivity contribution < 1.29 is 28.7 Å². The minimum absolute atomic E-state index is 0.0432. The third-order valence-electron chi connectivity index (χ3n) is 3.41. The summed E-state index contributed by atoms with van der Waals surface area (Å²) in [6.45, 7) is 9.79. The second-order valence-electron chi connectivity index (χ2n) is 6.86. The van der Waals surface area contributed by atoms with Crippen LogP contribution in [0.3, 0.4) is 0 Å². The molecule has 0 aromatic carbocycles. The minimum Gasteiger partial charge on any atom is -0.465 e. The fourth-order valence-corrected chi connectivity index (χ4v) is 2.22. The van der Waals surface area contributed by atoms with Gasteiger partial charge in [0.1, 0.15) is 5.69 Å². The number of carbonyl (C=O) groups excluding carboxylic acids is 4. The molecule has 9 heteroatoms. The maximum Gasteiger partial charge on any atom is 0.355 e. The molecule has 0 aliphatic carbocycles. The zero-order chi connectivity index (χ0) is 20.2. The van der Waals surface area contributed by atoms with Crippen molar-refractivity contribution in [1.29, 1.82) is 0 Å². The molecule has 0 spiro atoms. The predicted molar refractivity (Wildman–Crippen MR) is 92.9 cm³/mol. The number of urea groups is 1. The summed E-state index contributed by atoms with van der Waals surface area (Å²) in [4.78, 5) is 50.5. The molecule has 0 aliphatic heterocycles. The number of amides is 3. The van der Waals surface area contributed by atoms with Crippen molar-refractivity contribution in [3.63, 3.8) is 0 Å². The summed E-state index contributed by atoms with van der Waals surface area (Å²) in [5.41, 5.74) is 0.566. The molecule has 0 fully saturated rings. The first-order valence-corrected chi connectivity index (χ1v) is 7.98. The SMILES string of the molecule is COC(=O)c1c(C)[nH]c(C(=O)O[C@@H](C)C(=O)NC(=O)NC(C)(C)C)c1C. The molecule has 26 heavy (non-hydrogen) atoms. The van der Waals surface area contributed by atoms with Gasteiger partial charge in [0.25, 0.3) is 5.91 Å². The summed E-state index contributed by atoms with van der Waals surface area (Å²) in [5, 5.41) is 4.66. The highest BCUT2D eigenvalue weighted by molar-refractivity contribution is 6.00. The monoisotopic (exact) mass is 367 g/mol. The van der Waals surface area contributed by atoms with E-state index in [1.807, 2.05) is 0 Å². The summed E-state index contributed by atoms with van der Waals surface area (Å²) in [6.07, 6.45) is -1.21. The van der Waals surface area contributed by atoms with Gasteiger partial charge in [-0.05, 0) is 47.1 Å². The number of hydrogen-bond donors (Lipinski definition) is 3. The molecule has 0 radical (unpaired) electrons. The van der Waals surface area contributed by atoms with Gasteiger partial charge < -0.3 is 19.8 Å². The molecule has 1 atom stereocenters. The van der Waals surface area contributed by atoms with Crippen LogP contribution in [0.25, 0.3) is 0 Å². The second-order valence-corrected chi connectivity index (χ2v) is 6.86. The third-order valence-corrected chi connectivity index (χ3v) is 3.41. The van der Waals surface area contributed by atoms with Crippen molar-refractivity contribution in [2.24, 2.45) is 0 Å². The van der Waals surface area contributed by atoms with Crippen LogP contribution in [0.5, 0.6) is 0 Å². The second kappa shape index (κ2) is 8.03. The number of esters is 2. The van der Waals surface area contributed by atoms with Crippen molar-refractivity contribution in [1.82, 2.24) is 15.6 Å². The maximum absolute atomic E-state index is 12.3. The third kappa shape index (κ3) is 5.33. The number of imide groups is 1. The summed E-state index contributed by atoms with van der Waals surface area (Å²) >= 11 is 0. The van der Waals surface area contributed by atoms with Gasteiger partial charge in [0.05, 0.1) is 12.7 Å². The molecule has 1 rings (SSSR count). The number of aromatic nitrogens is 1. The number of hydrogen-bond acceptors (Lipinski definition) is 6. The van der Waals surface area contributed by atoms with Crippen LogP contribution in [-0.4, -0.2) is 47.6 Å². The fraction of sp³-hybridized carbons (Fsp3) is 0.529. The molecular weight excluding hydrogens is 342 g/mol. The van der Waals surface area contributed by atoms with E-state index < -0.39 is 35.5 Å². The van der Waals surface area contributed by atoms with Crippen LogP contribution in [0.1, 0.15) is 59.8 Å². The van der Waals surface area contributed by atoms with E-state index in [-0.39, 0.29) is 11.3 Å². The first-order chi connectivity index (χ1) is 11.9. The molecule has 1 heterocycles. The molecule has 1 aromatic rings. The highest BCUT2D eigenvalue weighted by Gasteiger charge is 2.27. The van der Waals surface area contributed by atoms with Gasteiger partial charge in [-0.1, -0.05) is 0 Å². The molecule has 0 unspecified atom stereocenters. The average molecular weight is 367 g/mol. The van der Waals surface area contributed by atoms with E-state index in [2.05, 4.69) is 20.4 Å². The van der Waals surface area contributed by atoms with E-state index in [0.717, 1.165) is 0 Å². The smallest absolute Gasteiger partial charge is 0.355 e. The molecule has 3 amide bonds. The molecule has 0 saturated carbocycles. The van der Waals surface area contributed by atoms with Gasteiger partial charge in [-0.25, -0.2) is 14.4 Å². The van der Waals surface area contributed by atoms with E-state index >= 15 is 0 Å². The lowest BCUT2D eigenvalue weighted by Crippen LogP contribution is -2.50. The van der Waals surface area contributed by atoms with E-state index in [1.54, 1.807) is 34.6 Å². The summed E-state index contributed by atoms with van der Waals surface area (Å²) < 4.78 is 9.75. The van der Waals surface area contributed by atoms with Crippen molar-refractivity contribution in [3.8, 4) is 0 Å². The molecule has 1 aromatic heterocycles. The molecule has 3 N–H and O–H groups in total. The number of rotatable bonds is 4. The van der Waals surface area contributed by atoms with Gasteiger partial charge in [0.15, 0.2) is 6.10 Å². The van der Waals surface area contributed by atoms with Crippen molar-refractivity contribution in [3.05, 3.63) is 22.5 Å². The highest BCUT2D eigenvalue weighted by atomic mass is 16.5. The Kier molecular flexibility index (Phi) is 6.55.